The van der Waals surface area contributed by atoms with Gasteiger partial charge in [-0.1, -0.05) is 0 Å². The number of hydrogen-bond acceptors (Lipinski definition) is 5. The van der Waals surface area contributed by atoms with E-state index in [1.807, 2.05) is 11.5 Å². The highest BCUT2D eigenvalue weighted by Gasteiger charge is 2.25. The molecule has 22 heavy (non-hydrogen) atoms. The summed E-state index contributed by atoms with van der Waals surface area (Å²) in [6.07, 6.45) is 4.25. The van der Waals surface area contributed by atoms with Crippen LogP contribution in [0.3, 0.4) is 0 Å². The van der Waals surface area contributed by atoms with E-state index in [0.717, 1.165) is 25.6 Å². The number of likely N-dealkylation sites (tertiary alicyclic amines) is 1. The van der Waals surface area contributed by atoms with Crippen molar-refractivity contribution in [3.05, 3.63) is 12.2 Å². The third kappa shape index (κ3) is 4.67. The van der Waals surface area contributed by atoms with E-state index in [1.54, 1.807) is 11.2 Å². The predicted molar refractivity (Wildman–Crippen MR) is 80.5 cm³/mol. The van der Waals surface area contributed by atoms with Gasteiger partial charge in [-0.2, -0.15) is 0 Å². The number of aromatic nitrogens is 3. The molecule has 0 aromatic carbocycles. The predicted octanol–water partition coefficient (Wildman–Crippen LogP) is -0.479. The van der Waals surface area contributed by atoms with Gasteiger partial charge in [0.25, 0.3) is 0 Å². The molecule has 1 aromatic heterocycles. The molecule has 1 saturated heterocycles. The van der Waals surface area contributed by atoms with Crippen molar-refractivity contribution < 1.29 is 13.2 Å². The van der Waals surface area contributed by atoms with Gasteiger partial charge >= 0.3 is 6.03 Å². The maximum absolute atomic E-state index is 12.2. The van der Waals surface area contributed by atoms with E-state index < -0.39 is 10.0 Å². The van der Waals surface area contributed by atoms with Crippen molar-refractivity contribution in [3.63, 3.8) is 0 Å². The first-order chi connectivity index (χ1) is 10.4. The third-order valence-corrected chi connectivity index (χ3v) is 4.28. The fraction of sp³-hybridized carbons (Fsp3) is 0.750. The molecule has 124 valence electrons. The first-order valence-electron chi connectivity index (χ1n) is 7.26. The number of nitrogens with one attached hydrogen (secondary N) is 2. The van der Waals surface area contributed by atoms with Crippen LogP contribution in [0.4, 0.5) is 4.79 Å². The fourth-order valence-electron chi connectivity index (χ4n) is 2.51. The van der Waals surface area contributed by atoms with Crippen LogP contribution in [0.2, 0.25) is 0 Å². The molecule has 10 heteroatoms. The lowest BCUT2D eigenvalue weighted by Gasteiger charge is -2.32. The van der Waals surface area contributed by atoms with Gasteiger partial charge in [0.1, 0.15) is 6.33 Å². The largest absolute Gasteiger partial charge is 0.331 e. The Hall–Kier alpha value is -1.68. The molecule has 1 aliphatic heterocycles. The molecule has 0 bridgehead atoms. The van der Waals surface area contributed by atoms with Crippen LogP contribution in [0.5, 0.6) is 0 Å². The molecule has 0 unspecified atom stereocenters. The smallest absolute Gasteiger partial charge is 0.317 e. The number of aryl methyl sites for hydroxylation is 1. The van der Waals surface area contributed by atoms with E-state index in [4.69, 9.17) is 0 Å². The van der Waals surface area contributed by atoms with E-state index in [-0.39, 0.29) is 12.1 Å². The van der Waals surface area contributed by atoms with Gasteiger partial charge in [0.15, 0.2) is 5.82 Å². The number of urea groups is 1. The number of rotatable bonds is 5. The molecule has 1 aliphatic rings. The van der Waals surface area contributed by atoms with Crippen molar-refractivity contribution in [3.8, 4) is 0 Å². The number of piperidine rings is 1. The molecule has 9 nitrogen and oxygen atoms in total. The third-order valence-electron chi connectivity index (χ3n) is 3.52. The van der Waals surface area contributed by atoms with Gasteiger partial charge in [0.05, 0.1) is 12.8 Å². The van der Waals surface area contributed by atoms with Crippen molar-refractivity contribution in [2.24, 2.45) is 0 Å². The summed E-state index contributed by atoms with van der Waals surface area (Å²) >= 11 is 0. The van der Waals surface area contributed by atoms with Crippen LogP contribution >= 0.6 is 0 Å². The maximum atomic E-state index is 12.2. The van der Waals surface area contributed by atoms with Crippen molar-refractivity contribution in [2.45, 2.75) is 38.9 Å². The molecule has 2 rings (SSSR count). The lowest BCUT2D eigenvalue weighted by atomic mass is 10.1. The van der Waals surface area contributed by atoms with E-state index in [2.05, 4.69) is 20.2 Å². The molecular weight excluding hydrogens is 308 g/mol. The summed E-state index contributed by atoms with van der Waals surface area (Å²) in [5.74, 6) is 0.693. The molecule has 0 aliphatic carbocycles. The Balaban J connectivity index is 1.87. The van der Waals surface area contributed by atoms with E-state index >= 15 is 0 Å². The Kier molecular flexibility index (Phi) is 5.35. The molecule has 1 atom stereocenters. The highest BCUT2D eigenvalue weighted by atomic mass is 32.2. The number of nitrogens with zero attached hydrogens (tertiary/aromatic N) is 4. The van der Waals surface area contributed by atoms with Gasteiger partial charge in [-0.15, -0.1) is 10.2 Å². The molecule has 2 amide bonds. The van der Waals surface area contributed by atoms with Crippen LogP contribution in [0.1, 0.15) is 25.6 Å². The van der Waals surface area contributed by atoms with Crippen LogP contribution in [0.15, 0.2) is 6.33 Å². The fourth-order valence-corrected chi connectivity index (χ4v) is 3.30. The zero-order valence-corrected chi connectivity index (χ0v) is 13.6. The summed E-state index contributed by atoms with van der Waals surface area (Å²) in [5.41, 5.74) is 0. The van der Waals surface area contributed by atoms with Crippen molar-refractivity contribution in [2.75, 3.05) is 19.3 Å². The molecule has 1 fully saturated rings. The minimum Gasteiger partial charge on any atom is -0.331 e. The summed E-state index contributed by atoms with van der Waals surface area (Å²) in [6.45, 7) is 4.00. The van der Waals surface area contributed by atoms with E-state index in [9.17, 15) is 13.2 Å². The SMILES string of the molecule is CCn1cnnc1CNC(=O)N1CCC[C@@H](NS(C)(=O)=O)C1. The quantitative estimate of drug-likeness (QED) is 0.758. The Morgan fingerprint density at radius 1 is 1.50 bits per heavy atom. The monoisotopic (exact) mass is 330 g/mol. The van der Waals surface area contributed by atoms with Gasteiger partial charge in [-0.3, -0.25) is 0 Å². The molecule has 2 N–H and O–H groups in total. The lowest BCUT2D eigenvalue weighted by molar-refractivity contribution is 0.176. The standard InChI is InChI=1S/C12H22N6O3S/c1-3-17-9-14-15-11(17)7-13-12(19)18-6-4-5-10(8-18)16-22(2,20)21/h9-10,16H,3-8H2,1-2H3,(H,13,19)/t10-/m1/s1. The van der Waals surface area contributed by atoms with Crippen molar-refractivity contribution in [1.29, 1.82) is 0 Å². The Morgan fingerprint density at radius 2 is 2.27 bits per heavy atom. The van der Waals surface area contributed by atoms with Crippen LogP contribution in [0, 0.1) is 0 Å². The lowest BCUT2D eigenvalue weighted by Crippen LogP contribution is -2.52. The number of hydrogen-bond donors (Lipinski definition) is 2. The maximum Gasteiger partial charge on any atom is 0.317 e. The summed E-state index contributed by atoms with van der Waals surface area (Å²) in [5, 5.41) is 10.6. The molecule has 1 aromatic rings. The highest BCUT2D eigenvalue weighted by Crippen LogP contribution is 2.11. The van der Waals surface area contributed by atoms with Crippen LogP contribution in [-0.2, 0) is 23.1 Å². The summed E-state index contributed by atoms with van der Waals surface area (Å²) < 4.78 is 27.0. The first kappa shape index (κ1) is 16.7. The zero-order valence-electron chi connectivity index (χ0n) is 12.8. The molecule has 2 heterocycles. The topological polar surface area (TPSA) is 109 Å². The van der Waals surface area contributed by atoms with Crippen LogP contribution in [0.25, 0.3) is 0 Å². The number of carbonyl (C=O) groups is 1. The summed E-state index contributed by atoms with van der Waals surface area (Å²) in [7, 11) is -3.26. The van der Waals surface area contributed by atoms with Gasteiger partial charge in [-0.25, -0.2) is 17.9 Å². The van der Waals surface area contributed by atoms with Gasteiger partial charge < -0.3 is 14.8 Å². The van der Waals surface area contributed by atoms with E-state index in [1.165, 1.54) is 0 Å². The Labute approximate surface area is 130 Å². The van der Waals surface area contributed by atoms with Crippen LogP contribution in [-0.4, -0.2) is 59.5 Å². The van der Waals surface area contributed by atoms with E-state index in [0.29, 0.717) is 25.5 Å². The molecular formula is C12H22N6O3S. The normalized spacial score (nSPS) is 19.2. The minimum atomic E-state index is -3.26. The number of carbonyl (C=O) groups excluding carboxylic acids is 1. The summed E-state index contributed by atoms with van der Waals surface area (Å²) in [4.78, 5) is 13.8. The molecule has 0 saturated carbocycles. The first-order valence-corrected chi connectivity index (χ1v) is 9.15. The highest BCUT2D eigenvalue weighted by molar-refractivity contribution is 7.88. The average Bonchev–Trinajstić information content (AvgIpc) is 2.90. The van der Waals surface area contributed by atoms with Crippen molar-refractivity contribution in [1.82, 2.24) is 29.7 Å². The number of sulfonamides is 1. The number of amides is 2. The van der Waals surface area contributed by atoms with Gasteiger partial charge in [0, 0.05) is 25.7 Å². The van der Waals surface area contributed by atoms with Crippen molar-refractivity contribution >= 4 is 16.1 Å². The molecule has 0 spiro atoms. The van der Waals surface area contributed by atoms with Gasteiger partial charge in [-0.05, 0) is 19.8 Å². The zero-order chi connectivity index (χ0) is 16.2. The molecule has 0 radical (unpaired) electrons. The van der Waals surface area contributed by atoms with Gasteiger partial charge in [0.2, 0.25) is 10.0 Å². The minimum absolute atomic E-state index is 0.217. The Morgan fingerprint density at radius 3 is 2.95 bits per heavy atom. The average molecular weight is 330 g/mol. The second-order valence-electron chi connectivity index (χ2n) is 5.37. The second kappa shape index (κ2) is 7.05. The summed E-state index contributed by atoms with van der Waals surface area (Å²) in [6, 6.07) is -0.445. The second-order valence-corrected chi connectivity index (χ2v) is 7.15. The Bertz CT molecular complexity index is 614. The van der Waals surface area contributed by atoms with Crippen LogP contribution < -0.4 is 10.0 Å².